The lowest BCUT2D eigenvalue weighted by molar-refractivity contribution is 0.355. The van der Waals surface area contributed by atoms with Crippen LogP contribution in [0.15, 0.2) is 34.7 Å². The van der Waals surface area contributed by atoms with Gasteiger partial charge >= 0.3 is 0 Å². The van der Waals surface area contributed by atoms with E-state index in [0.29, 0.717) is 22.8 Å². The summed E-state index contributed by atoms with van der Waals surface area (Å²) >= 11 is 0. The van der Waals surface area contributed by atoms with Crippen LogP contribution in [0.1, 0.15) is 11.3 Å². The summed E-state index contributed by atoms with van der Waals surface area (Å²) in [6.45, 7) is 1.78. The SMILES string of the molecule is COc1ccc(C(C#N)=Cc2ccc(N(C)CCN(C)C)o2)cc1OC. The van der Waals surface area contributed by atoms with Crippen molar-refractivity contribution in [2.45, 2.75) is 0 Å². The Bertz CT molecular complexity index is 803. The molecule has 1 heterocycles. The second-order valence-corrected chi connectivity index (χ2v) is 6.14. The molecule has 0 saturated heterocycles. The summed E-state index contributed by atoms with van der Waals surface area (Å²) < 4.78 is 16.4. The van der Waals surface area contributed by atoms with Crippen LogP contribution < -0.4 is 14.4 Å². The molecule has 0 aliphatic carbocycles. The third kappa shape index (κ3) is 4.80. The Morgan fingerprint density at radius 2 is 1.81 bits per heavy atom. The lowest BCUT2D eigenvalue weighted by Crippen LogP contribution is -2.28. The second-order valence-electron chi connectivity index (χ2n) is 6.14. The van der Waals surface area contributed by atoms with Crippen molar-refractivity contribution in [1.29, 1.82) is 5.26 Å². The summed E-state index contributed by atoms with van der Waals surface area (Å²) in [6, 6.07) is 11.4. The molecule has 26 heavy (non-hydrogen) atoms. The molecule has 1 aromatic heterocycles. The molecule has 2 rings (SSSR count). The van der Waals surface area contributed by atoms with E-state index >= 15 is 0 Å². The summed E-state index contributed by atoms with van der Waals surface area (Å²) in [4.78, 5) is 4.16. The smallest absolute Gasteiger partial charge is 0.195 e. The third-order valence-electron chi connectivity index (χ3n) is 3.97. The van der Waals surface area contributed by atoms with Crippen molar-refractivity contribution in [3.05, 3.63) is 41.7 Å². The Morgan fingerprint density at radius 3 is 2.42 bits per heavy atom. The molecule has 0 saturated carbocycles. The molecule has 0 unspecified atom stereocenters. The highest BCUT2D eigenvalue weighted by Crippen LogP contribution is 2.31. The van der Waals surface area contributed by atoms with Gasteiger partial charge in [0.05, 0.1) is 25.9 Å². The Kier molecular flexibility index (Phi) is 6.70. The van der Waals surface area contributed by atoms with Crippen molar-refractivity contribution >= 4 is 17.5 Å². The number of furan rings is 1. The Balaban J connectivity index is 2.23. The van der Waals surface area contributed by atoms with Gasteiger partial charge in [-0.25, -0.2) is 0 Å². The molecule has 0 atom stereocenters. The van der Waals surface area contributed by atoms with Gasteiger partial charge < -0.3 is 23.7 Å². The average molecular weight is 355 g/mol. The van der Waals surface area contributed by atoms with Crippen molar-refractivity contribution in [1.82, 2.24) is 4.90 Å². The number of ether oxygens (including phenoxy) is 2. The van der Waals surface area contributed by atoms with Gasteiger partial charge in [0.25, 0.3) is 0 Å². The zero-order valence-electron chi connectivity index (χ0n) is 15.9. The van der Waals surface area contributed by atoms with Crippen LogP contribution in [-0.2, 0) is 0 Å². The number of likely N-dealkylation sites (N-methyl/N-ethyl adjacent to an activating group) is 2. The van der Waals surface area contributed by atoms with Gasteiger partial charge in [-0.05, 0) is 50.0 Å². The molecule has 1 aromatic carbocycles. The number of hydrogen-bond acceptors (Lipinski definition) is 6. The molecule has 6 nitrogen and oxygen atoms in total. The summed E-state index contributed by atoms with van der Waals surface area (Å²) in [5.41, 5.74) is 1.23. The first-order chi connectivity index (χ1) is 12.5. The molecule has 0 bridgehead atoms. The molecule has 0 N–H and O–H groups in total. The summed E-state index contributed by atoms with van der Waals surface area (Å²) in [7, 11) is 9.20. The highest BCUT2D eigenvalue weighted by Gasteiger charge is 2.10. The summed E-state index contributed by atoms with van der Waals surface area (Å²) in [6.07, 6.45) is 1.73. The number of hydrogen-bond donors (Lipinski definition) is 0. The first-order valence-electron chi connectivity index (χ1n) is 8.28. The zero-order chi connectivity index (χ0) is 19.1. The average Bonchev–Trinajstić information content (AvgIpc) is 3.12. The van der Waals surface area contributed by atoms with Gasteiger partial charge in [0, 0.05) is 26.2 Å². The van der Waals surface area contributed by atoms with Gasteiger partial charge in [-0.2, -0.15) is 5.26 Å². The van der Waals surface area contributed by atoms with Crippen LogP contribution in [0.4, 0.5) is 5.88 Å². The third-order valence-corrected chi connectivity index (χ3v) is 3.97. The first-order valence-corrected chi connectivity index (χ1v) is 8.28. The van der Waals surface area contributed by atoms with Crippen molar-refractivity contribution in [3.8, 4) is 17.6 Å². The van der Waals surface area contributed by atoms with E-state index in [1.165, 1.54) is 0 Å². The largest absolute Gasteiger partial charge is 0.493 e. The van der Waals surface area contributed by atoms with Crippen LogP contribution in [0.2, 0.25) is 0 Å². The van der Waals surface area contributed by atoms with E-state index in [0.717, 1.165) is 24.5 Å². The van der Waals surface area contributed by atoms with Crippen LogP contribution in [0.5, 0.6) is 11.5 Å². The molecule has 0 spiro atoms. The molecule has 6 heteroatoms. The van der Waals surface area contributed by atoms with E-state index in [9.17, 15) is 5.26 Å². The fraction of sp³-hybridized carbons (Fsp3) is 0.350. The number of allylic oxidation sites excluding steroid dienone is 1. The van der Waals surface area contributed by atoms with Crippen LogP contribution in [0, 0.1) is 11.3 Å². The highest BCUT2D eigenvalue weighted by atomic mass is 16.5. The minimum absolute atomic E-state index is 0.489. The molecular weight excluding hydrogens is 330 g/mol. The van der Waals surface area contributed by atoms with Gasteiger partial charge in [-0.15, -0.1) is 0 Å². The number of anilines is 1. The standard InChI is InChI=1S/C20H25N3O3/c1-22(2)10-11-23(3)20-9-7-17(26-20)12-16(14-21)15-6-8-18(24-4)19(13-15)25-5/h6-9,12-13H,10-11H2,1-5H3. The first kappa shape index (κ1) is 19.4. The minimum Gasteiger partial charge on any atom is -0.493 e. The maximum Gasteiger partial charge on any atom is 0.195 e. The molecule has 2 aromatic rings. The van der Waals surface area contributed by atoms with Gasteiger partial charge in [0.1, 0.15) is 5.76 Å². The lowest BCUT2D eigenvalue weighted by atomic mass is 10.1. The van der Waals surface area contributed by atoms with Crippen molar-refractivity contribution < 1.29 is 13.9 Å². The van der Waals surface area contributed by atoms with Crippen LogP contribution in [0.3, 0.4) is 0 Å². The molecule has 0 amide bonds. The second kappa shape index (κ2) is 8.97. The monoisotopic (exact) mass is 355 g/mol. The van der Waals surface area contributed by atoms with Gasteiger partial charge in [0.15, 0.2) is 17.4 Å². The Hall–Kier alpha value is -2.91. The number of rotatable bonds is 8. The van der Waals surface area contributed by atoms with Crippen LogP contribution in [0.25, 0.3) is 11.6 Å². The van der Waals surface area contributed by atoms with Crippen molar-refractivity contribution in [3.63, 3.8) is 0 Å². The molecule has 138 valence electrons. The van der Waals surface area contributed by atoms with Gasteiger partial charge in [-0.1, -0.05) is 0 Å². The number of benzene rings is 1. The quantitative estimate of drug-likeness (QED) is 0.677. The topological polar surface area (TPSA) is 61.9 Å². The Labute approximate surface area is 154 Å². The fourth-order valence-corrected chi connectivity index (χ4v) is 2.41. The van der Waals surface area contributed by atoms with E-state index in [1.54, 1.807) is 32.4 Å². The van der Waals surface area contributed by atoms with Crippen molar-refractivity contribution in [2.24, 2.45) is 0 Å². The molecular formula is C20H25N3O3. The van der Waals surface area contributed by atoms with E-state index in [2.05, 4.69) is 11.0 Å². The highest BCUT2D eigenvalue weighted by molar-refractivity contribution is 5.89. The summed E-state index contributed by atoms with van der Waals surface area (Å²) in [5, 5.41) is 9.54. The van der Waals surface area contributed by atoms with Crippen LogP contribution in [-0.4, -0.2) is 53.4 Å². The Morgan fingerprint density at radius 1 is 1.08 bits per heavy atom. The number of methoxy groups -OCH3 is 2. The normalized spacial score (nSPS) is 11.3. The van der Waals surface area contributed by atoms with Crippen molar-refractivity contribution in [2.75, 3.05) is 53.4 Å². The van der Waals surface area contributed by atoms with E-state index in [4.69, 9.17) is 13.9 Å². The fourth-order valence-electron chi connectivity index (χ4n) is 2.41. The van der Waals surface area contributed by atoms with Gasteiger partial charge in [-0.3, -0.25) is 0 Å². The maximum atomic E-state index is 9.54. The van der Waals surface area contributed by atoms with E-state index in [1.807, 2.05) is 44.2 Å². The molecule has 0 aliphatic heterocycles. The zero-order valence-corrected chi connectivity index (χ0v) is 15.9. The van der Waals surface area contributed by atoms with Gasteiger partial charge in [0.2, 0.25) is 0 Å². The van der Waals surface area contributed by atoms with E-state index < -0.39 is 0 Å². The predicted molar refractivity (Wildman–Crippen MR) is 104 cm³/mol. The molecule has 0 aliphatic rings. The van der Waals surface area contributed by atoms with E-state index in [-0.39, 0.29) is 0 Å². The summed E-state index contributed by atoms with van der Waals surface area (Å²) in [5.74, 6) is 2.59. The molecule has 0 fully saturated rings. The minimum atomic E-state index is 0.489. The number of nitrogens with zero attached hydrogens (tertiary/aromatic N) is 3. The number of nitriles is 1. The lowest BCUT2D eigenvalue weighted by Gasteiger charge is -2.18. The molecule has 0 radical (unpaired) electrons. The van der Waals surface area contributed by atoms with Crippen LogP contribution >= 0.6 is 0 Å². The maximum absolute atomic E-state index is 9.54. The predicted octanol–water partition coefficient (Wildman–Crippen LogP) is 3.36.